The highest BCUT2D eigenvalue weighted by Crippen LogP contribution is 2.36. The zero-order valence-corrected chi connectivity index (χ0v) is 19.0. The molecule has 170 valence electrons. The van der Waals surface area contributed by atoms with Crippen LogP contribution in [0.15, 0.2) is 54.7 Å². The molecule has 0 fully saturated rings. The Labute approximate surface area is 189 Å². The van der Waals surface area contributed by atoms with Gasteiger partial charge >= 0.3 is 0 Å². The number of nitrogens with one attached hydrogen (secondary N) is 1. The van der Waals surface area contributed by atoms with E-state index in [1.807, 2.05) is 36.4 Å². The highest BCUT2D eigenvalue weighted by atomic mass is 16.5. The maximum Gasteiger partial charge on any atom is 0.241 e. The van der Waals surface area contributed by atoms with Crippen molar-refractivity contribution >= 4 is 5.91 Å². The van der Waals surface area contributed by atoms with Gasteiger partial charge < -0.3 is 20.1 Å². The molecule has 7 nitrogen and oxygen atoms in total. The van der Waals surface area contributed by atoms with E-state index in [9.17, 15) is 9.90 Å². The van der Waals surface area contributed by atoms with Gasteiger partial charge in [-0.25, -0.2) is 0 Å². The molecule has 0 aliphatic rings. The number of carbonyl (C=O) groups is 1. The van der Waals surface area contributed by atoms with E-state index >= 15 is 0 Å². The number of hydrogen-bond donors (Lipinski definition) is 2. The Morgan fingerprint density at radius 2 is 1.88 bits per heavy atom. The van der Waals surface area contributed by atoms with Gasteiger partial charge in [0.25, 0.3) is 0 Å². The minimum atomic E-state index is -0.0698. The summed E-state index contributed by atoms with van der Waals surface area (Å²) in [4.78, 5) is 15.0. The summed E-state index contributed by atoms with van der Waals surface area (Å²) in [5, 5.41) is 17.5. The number of aromatic hydroxyl groups is 1. The SMILES string of the molecule is CCN(CC)CCCNC(=O)Cn1ncc(-c2ccc(O)c(OC)c2)c1-c1ccccc1. The number of benzene rings is 2. The van der Waals surface area contributed by atoms with Gasteiger partial charge in [0.15, 0.2) is 11.5 Å². The van der Waals surface area contributed by atoms with E-state index in [0.717, 1.165) is 48.4 Å². The second-order valence-electron chi connectivity index (χ2n) is 7.55. The van der Waals surface area contributed by atoms with Gasteiger partial charge in [-0.3, -0.25) is 9.48 Å². The lowest BCUT2D eigenvalue weighted by Gasteiger charge is -2.17. The van der Waals surface area contributed by atoms with Gasteiger partial charge in [-0.05, 0) is 43.8 Å². The van der Waals surface area contributed by atoms with Gasteiger partial charge in [0.05, 0.1) is 19.0 Å². The minimum absolute atomic E-state index is 0.0698. The zero-order chi connectivity index (χ0) is 22.9. The number of nitrogens with zero attached hydrogens (tertiary/aromatic N) is 3. The summed E-state index contributed by atoms with van der Waals surface area (Å²) in [6.07, 6.45) is 2.67. The lowest BCUT2D eigenvalue weighted by molar-refractivity contribution is -0.121. The quantitative estimate of drug-likeness (QED) is 0.447. The number of carbonyl (C=O) groups excluding carboxylic acids is 1. The summed E-state index contributed by atoms with van der Waals surface area (Å²) in [6.45, 7) is 8.06. The van der Waals surface area contributed by atoms with Crippen molar-refractivity contribution in [2.24, 2.45) is 0 Å². The molecule has 32 heavy (non-hydrogen) atoms. The summed E-state index contributed by atoms with van der Waals surface area (Å²) >= 11 is 0. The number of ether oxygens (including phenoxy) is 1. The number of phenols is 1. The average Bonchev–Trinajstić information content (AvgIpc) is 3.23. The van der Waals surface area contributed by atoms with Crippen LogP contribution in [0.3, 0.4) is 0 Å². The van der Waals surface area contributed by atoms with Gasteiger partial charge in [-0.2, -0.15) is 5.10 Å². The van der Waals surface area contributed by atoms with E-state index in [4.69, 9.17) is 4.74 Å². The van der Waals surface area contributed by atoms with Crippen LogP contribution in [0.5, 0.6) is 11.5 Å². The first-order chi connectivity index (χ1) is 15.6. The van der Waals surface area contributed by atoms with Crippen molar-refractivity contribution in [2.75, 3.05) is 33.3 Å². The fourth-order valence-corrected chi connectivity index (χ4v) is 3.72. The molecule has 7 heteroatoms. The summed E-state index contributed by atoms with van der Waals surface area (Å²) in [6, 6.07) is 15.1. The van der Waals surface area contributed by atoms with Crippen LogP contribution in [0.25, 0.3) is 22.4 Å². The Kier molecular flexibility index (Phi) is 8.27. The van der Waals surface area contributed by atoms with Gasteiger partial charge in [0, 0.05) is 17.7 Å². The van der Waals surface area contributed by atoms with Crippen LogP contribution in [-0.2, 0) is 11.3 Å². The van der Waals surface area contributed by atoms with Crippen molar-refractivity contribution in [1.82, 2.24) is 20.0 Å². The molecule has 0 saturated carbocycles. The number of hydrogen-bond acceptors (Lipinski definition) is 5. The predicted octanol–water partition coefficient (Wildman–Crippen LogP) is 3.78. The first-order valence-corrected chi connectivity index (χ1v) is 11.0. The van der Waals surface area contributed by atoms with Crippen molar-refractivity contribution in [1.29, 1.82) is 0 Å². The van der Waals surface area contributed by atoms with Crippen LogP contribution in [0.1, 0.15) is 20.3 Å². The second-order valence-corrected chi connectivity index (χ2v) is 7.55. The fraction of sp³-hybridized carbons (Fsp3) is 0.360. The number of amides is 1. The third-order valence-corrected chi connectivity index (χ3v) is 5.54. The summed E-state index contributed by atoms with van der Waals surface area (Å²) in [7, 11) is 1.52. The molecule has 2 N–H and O–H groups in total. The van der Waals surface area contributed by atoms with Crippen molar-refractivity contribution in [3.8, 4) is 33.9 Å². The van der Waals surface area contributed by atoms with Crippen LogP contribution in [0.4, 0.5) is 0 Å². The molecule has 3 aromatic rings. The third-order valence-electron chi connectivity index (χ3n) is 5.54. The standard InChI is InChI=1S/C25H32N4O3/c1-4-28(5-2)15-9-14-26-24(31)18-29-25(19-10-7-6-8-11-19)21(17-27-29)20-12-13-22(30)23(16-20)32-3/h6-8,10-13,16-17,30H,4-5,9,14-15,18H2,1-3H3,(H,26,31). The van der Waals surface area contributed by atoms with Crippen LogP contribution in [-0.4, -0.2) is 59.0 Å². The van der Waals surface area contributed by atoms with Crippen LogP contribution in [0, 0.1) is 0 Å². The molecule has 0 unspecified atom stereocenters. The van der Waals surface area contributed by atoms with Gasteiger partial charge in [0.1, 0.15) is 6.54 Å². The Morgan fingerprint density at radius 3 is 2.56 bits per heavy atom. The van der Waals surface area contributed by atoms with Gasteiger partial charge in [-0.1, -0.05) is 50.2 Å². The van der Waals surface area contributed by atoms with E-state index in [0.29, 0.717) is 12.3 Å². The molecular weight excluding hydrogens is 404 g/mol. The maximum atomic E-state index is 12.6. The lowest BCUT2D eigenvalue weighted by atomic mass is 10.0. The normalized spacial score (nSPS) is 11.0. The van der Waals surface area contributed by atoms with Gasteiger partial charge in [0.2, 0.25) is 5.91 Å². The zero-order valence-electron chi connectivity index (χ0n) is 19.0. The molecule has 0 aliphatic carbocycles. The van der Waals surface area contributed by atoms with Gasteiger partial charge in [-0.15, -0.1) is 0 Å². The molecular formula is C25H32N4O3. The first-order valence-electron chi connectivity index (χ1n) is 11.0. The highest BCUT2D eigenvalue weighted by Gasteiger charge is 2.18. The Bertz CT molecular complexity index is 1010. The minimum Gasteiger partial charge on any atom is -0.504 e. The third kappa shape index (κ3) is 5.68. The molecule has 2 aromatic carbocycles. The number of aromatic nitrogens is 2. The number of methoxy groups -OCH3 is 1. The maximum absolute atomic E-state index is 12.6. The number of rotatable bonds is 11. The largest absolute Gasteiger partial charge is 0.504 e. The van der Waals surface area contributed by atoms with E-state index < -0.39 is 0 Å². The van der Waals surface area contributed by atoms with E-state index in [-0.39, 0.29) is 18.2 Å². The average molecular weight is 437 g/mol. The smallest absolute Gasteiger partial charge is 0.241 e. The highest BCUT2D eigenvalue weighted by molar-refractivity contribution is 5.83. The van der Waals surface area contributed by atoms with Crippen molar-refractivity contribution in [3.63, 3.8) is 0 Å². The van der Waals surface area contributed by atoms with Crippen LogP contribution >= 0.6 is 0 Å². The van der Waals surface area contributed by atoms with Crippen molar-refractivity contribution in [2.45, 2.75) is 26.8 Å². The molecule has 0 aliphatic heterocycles. The lowest BCUT2D eigenvalue weighted by Crippen LogP contribution is -2.32. The molecule has 3 rings (SSSR count). The second kappa shape index (κ2) is 11.3. The summed E-state index contributed by atoms with van der Waals surface area (Å²) < 4.78 is 6.99. The Balaban J connectivity index is 1.80. The van der Waals surface area contributed by atoms with Crippen molar-refractivity contribution < 1.29 is 14.6 Å². The van der Waals surface area contributed by atoms with E-state index in [2.05, 4.69) is 29.2 Å². The first kappa shape index (κ1) is 23.3. The Hall–Kier alpha value is -3.32. The molecule has 1 heterocycles. The summed E-state index contributed by atoms with van der Waals surface area (Å²) in [5.41, 5.74) is 3.52. The fourth-order valence-electron chi connectivity index (χ4n) is 3.72. The molecule has 0 saturated heterocycles. The van der Waals surface area contributed by atoms with E-state index in [1.165, 1.54) is 7.11 Å². The molecule has 0 atom stereocenters. The number of phenolic OH excluding ortho intramolecular Hbond substituents is 1. The molecule has 0 radical (unpaired) electrons. The summed E-state index contributed by atoms with van der Waals surface area (Å²) in [5.74, 6) is 0.397. The molecule has 0 spiro atoms. The van der Waals surface area contributed by atoms with Crippen LogP contribution < -0.4 is 10.1 Å². The van der Waals surface area contributed by atoms with Crippen molar-refractivity contribution in [3.05, 3.63) is 54.7 Å². The predicted molar refractivity (Wildman–Crippen MR) is 127 cm³/mol. The Morgan fingerprint density at radius 1 is 1.12 bits per heavy atom. The van der Waals surface area contributed by atoms with E-state index in [1.54, 1.807) is 23.0 Å². The van der Waals surface area contributed by atoms with Crippen LogP contribution in [0.2, 0.25) is 0 Å². The molecule has 0 bridgehead atoms. The molecule has 1 aromatic heterocycles. The monoisotopic (exact) mass is 436 g/mol. The molecule has 1 amide bonds. The topological polar surface area (TPSA) is 79.6 Å².